The van der Waals surface area contributed by atoms with E-state index in [1.165, 1.54) is 30.6 Å². The van der Waals surface area contributed by atoms with Crippen LogP contribution in [0.3, 0.4) is 0 Å². The van der Waals surface area contributed by atoms with Crippen LogP contribution < -0.4 is 5.32 Å². The molecule has 0 bridgehead atoms. The van der Waals surface area contributed by atoms with Gasteiger partial charge in [0, 0.05) is 6.04 Å². The van der Waals surface area contributed by atoms with Crippen LogP contribution in [0.15, 0.2) is 0 Å². The third kappa shape index (κ3) is 7.21. The molecule has 18 heavy (non-hydrogen) atoms. The van der Waals surface area contributed by atoms with E-state index in [4.69, 9.17) is 0 Å². The molecule has 1 saturated carbocycles. The van der Waals surface area contributed by atoms with Crippen molar-refractivity contribution in [2.75, 3.05) is 26.2 Å². The third-order valence-electron chi connectivity index (χ3n) is 3.38. The monoisotopic (exact) mass is 266 g/mol. The largest absolute Gasteiger partial charge is 0.401 e. The summed E-state index contributed by atoms with van der Waals surface area (Å²) in [5, 5.41) is 3.43. The fourth-order valence-electron chi connectivity index (χ4n) is 2.58. The van der Waals surface area contributed by atoms with Crippen LogP contribution in [0, 0.1) is 0 Å². The predicted octanol–water partition coefficient (Wildman–Crippen LogP) is 3.18. The molecule has 0 aliphatic heterocycles. The van der Waals surface area contributed by atoms with Crippen molar-refractivity contribution in [3.8, 4) is 0 Å². The Morgan fingerprint density at radius 1 is 1.17 bits per heavy atom. The molecule has 0 spiro atoms. The fraction of sp³-hybridized carbons (Fsp3) is 1.00. The first-order valence-corrected chi connectivity index (χ1v) is 7.04. The Bertz CT molecular complexity index is 213. The lowest BCUT2D eigenvalue weighted by atomic mass is 10.2. The number of alkyl halides is 3. The van der Waals surface area contributed by atoms with Gasteiger partial charge in [-0.15, -0.1) is 0 Å². The Labute approximate surface area is 108 Å². The van der Waals surface area contributed by atoms with Gasteiger partial charge in [-0.05, 0) is 45.3 Å². The van der Waals surface area contributed by atoms with Crippen molar-refractivity contribution in [1.29, 1.82) is 0 Å². The van der Waals surface area contributed by atoms with Gasteiger partial charge in [0.25, 0.3) is 0 Å². The van der Waals surface area contributed by atoms with Gasteiger partial charge in [0.1, 0.15) is 0 Å². The number of hydrogen-bond donors (Lipinski definition) is 1. The summed E-state index contributed by atoms with van der Waals surface area (Å²) in [5.74, 6) is 0. The Hall–Kier alpha value is -0.290. The van der Waals surface area contributed by atoms with Crippen LogP contribution in [-0.4, -0.2) is 43.3 Å². The molecular formula is C13H25F3N2. The molecule has 0 saturated heterocycles. The highest BCUT2D eigenvalue weighted by atomic mass is 19.4. The molecule has 0 aromatic heterocycles. The number of rotatable bonds is 8. The molecule has 0 radical (unpaired) electrons. The van der Waals surface area contributed by atoms with Gasteiger partial charge in [-0.25, -0.2) is 0 Å². The molecule has 2 nitrogen and oxygen atoms in total. The zero-order valence-corrected chi connectivity index (χ0v) is 11.2. The van der Waals surface area contributed by atoms with Crippen LogP contribution >= 0.6 is 0 Å². The molecule has 0 unspecified atom stereocenters. The van der Waals surface area contributed by atoms with Crippen molar-refractivity contribution in [2.24, 2.45) is 0 Å². The summed E-state index contributed by atoms with van der Waals surface area (Å²) < 4.78 is 37.0. The smallest absolute Gasteiger partial charge is 0.314 e. The van der Waals surface area contributed by atoms with Crippen molar-refractivity contribution in [1.82, 2.24) is 10.2 Å². The average Bonchev–Trinajstić information content (AvgIpc) is 2.75. The highest BCUT2D eigenvalue weighted by Gasteiger charge is 2.30. The van der Waals surface area contributed by atoms with Gasteiger partial charge in [-0.2, -0.15) is 13.2 Å². The van der Waals surface area contributed by atoms with Gasteiger partial charge in [0.05, 0.1) is 6.54 Å². The minimum Gasteiger partial charge on any atom is -0.314 e. The Balaban J connectivity index is 2.12. The maximum absolute atomic E-state index is 12.3. The predicted molar refractivity (Wildman–Crippen MR) is 67.7 cm³/mol. The van der Waals surface area contributed by atoms with Gasteiger partial charge in [0.2, 0.25) is 0 Å². The summed E-state index contributed by atoms with van der Waals surface area (Å²) in [4.78, 5) is 1.51. The van der Waals surface area contributed by atoms with Crippen LogP contribution in [0.1, 0.15) is 45.4 Å². The quantitative estimate of drug-likeness (QED) is 0.679. The Kier molecular flexibility index (Phi) is 7.00. The summed E-state index contributed by atoms with van der Waals surface area (Å²) >= 11 is 0. The maximum atomic E-state index is 12.3. The fourth-order valence-corrected chi connectivity index (χ4v) is 2.58. The number of nitrogens with zero attached hydrogens (tertiary/aromatic N) is 1. The lowest BCUT2D eigenvalue weighted by Gasteiger charge is -2.23. The van der Waals surface area contributed by atoms with E-state index in [2.05, 4.69) is 5.32 Å². The lowest BCUT2D eigenvalue weighted by molar-refractivity contribution is -0.146. The Morgan fingerprint density at radius 2 is 1.83 bits per heavy atom. The second-order valence-electron chi connectivity index (χ2n) is 5.18. The van der Waals surface area contributed by atoms with Gasteiger partial charge >= 0.3 is 6.18 Å². The van der Waals surface area contributed by atoms with Gasteiger partial charge in [0.15, 0.2) is 0 Å². The standard InChI is InChI=1S/C13H25F3N2/c1-2-9-18(11-13(14,15)16)10-5-8-17-12-6-3-4-7-12/h12,17H,2-11H2,1H3. The molecule has 0 amide bonds. The minimum atomic E-state index is -4.08. The van der Waals surface area contributed by atoms with Crippen LogP contribution in [0.4, 0.5) is 13.2 Å². The van der Waals surface area contributed by atoms with Crippen molar-refractivity contribution < 1.29 is 13.2 Å². The number of nitrogens with one attached hydrogen (secondary N) is 1. The van der Waals surface area contributed by atoms with E-state index < -0.39 is 12.7 Å². The minimum absolute atomic E-state index is 0.531. The summed E-state index contributed by atoms with van der Waals surface area (Å²) in [7, 11) is 0. The molecule has 0 aromatic rings. The van der Waals surface area contributed by atoms with E-state index in [0.717, 1.165) is 19.4 Å². The SMILES string of the molecule is CCCN(CCCNC1CCCC1)CC(F)(F)F. The molecule has 0 heterocycles. The van der Waals surface area contributed by atoms with Crippen LogP contribution in [0.5, 0.6) is 0 Å². The lowest BCUT2D eigenvalue weighted by Crippen LogP contribution is -2.37. The van der Waals surface area contributed by atoms with Gasteiger partial charge < -0.3 is 5.32 Å². The van der Waals surface area contributed by atoms with E-state index in [0.29, 0.717) is 19.1 Å². The number of hydrogen-bond acceptors (Lipinski definition) is 2. The van der Waals surface area contributed by atoms with Crippen molar-refractivity contribution in [3.05, 3.63) is 0 Å². The number of halogens is 3. The van der Waals surface area contributed by atoms with E-state index in [1.807, 2.05) is 6.92 Å². The average molecular weight is 266 g/mol. The van der Waals surface area contributed by atoms with E-state index in [-0.39, 0.29) is 0 Å². The first-order valence-electron chi connectivity index (χ1n) is 7.04. The first kappa shape index (κ1) is 15.8. The Morgan fingerprint density at radius 3 is 2.39 bits per heavy atom. The normalized spacial score (nSPS) is 17.8. The van der Waals surface area contributed by atoms with Crippen molar-refractivity contribution in [3.63, 3.8) is 0 Å². The van der Waals surface area contributed by atoms with Crippen molar-refractivity contribution in [2.45, 2.75) is 57.7 Å². The molecule has 1 rings (SSSR count). The van der Waals surface area contributed by atoms with Gasteiger partial charge in [-0.1, -0.05) is 19.8 Å². The summed E-state index contributed by atoms with van der Waals surface area (Å²) in [6.45, 7) is 3.04. The second kappa shape index (κ2) is 8.00. The molecule has 108 valence electrons. The van der Waals surface area contributed by atoms with Crippen LogP contribution in [-0.2, 0) is 0 Å². The second-order valence-corrected chi connectivity index (χ2v) is 5.18. The zero-order chi connectivity index (χ0) is 13.4. The maximum Gasteiger partial charge on any atom is 0.401 e. The topological polar surface area (TPSA) is 15.3 Å². The van der Waals surface area contributed by atoms with E-state index >= 15 is 0 Å². The highest BCUT2D eigenvalue weighted by molar-refractivity contribution is 4.73. The third-order valence-corrected chi connectivity index (χ3v) is 3.38. The molecule has 1 fully saturated rings. The molecular weight excluding hydrogens is 241 g/mol. The molecule has 0 atom stereocenters. The van der Waals surface area contributed by atoms with E-state index in [1.54, 1.807) is 0 Å². The van der Waals surface area contributed by atoms with Crippen LogP contribution in [0.25, 0.3) is 0 Å². The van der Waals surface area contributed by atoms with Crippen molar-refractivity contribution >= 4 is 0 Å². The first-order chi connectivity index (χ1) is 8.51. The highest BCUT2D eigenvalue weighted by Crippen LogP contribution is 2.18. The molecule has 5 heteroatoms. The molecule has 1 N–H and O–H groups in total. The molecule has 1 aliphatic rings. The molecule has 1 aliphatic carbocycles. The van der Waals surface area contributed by atoms with E-state index in [9.17, 15) is 13.2 Å². The summed E-state index contributed by atoms with van der Waals surface area (Å²) in [6, 6.07) is 0.604. The summed E-state index contributed by atoms with van der Waals surface area (Å²) in [6.07, 6.45) is 2.51. The zero-order valence-electron chi connectivity index (χ0n) is 11.2. The van der Waals surface area contributed by atoms with Gasteiger partial charge in [-0.3, -0.25) is 4.90 Å². The summed E-state index contributed by atoms with van der Waals surface area (Å²) in [5.41, 5.74) is 0. The van der Waals surface area contributed by atoms with Crippen LogP contribution in [0.2, 0.25) is 0 Å². The molecule has 0 aromatic carbocycles.